The summed E-state index contributed by atoms with van der Waals surface area (Å²) in [6.07, 6.45) is -0.0613. The van der Waals surface area contributed by atoms with E-state index in [-0.39, 0.29) is 31.2 Å². The molecule has 1 heterocycles. The largest absolute Gasteiger partial charge is 0.461 e. The predicted octanol–water partition coefficient (Wildman–Crippen LogP) is 1.83. The van der Waals surface area contributed by atoms with Gasteiger partial charge in [0.05, 0.1) is 17.4 Å². The molecule has 1 unspecified atom stereocenters. The van der Waals surface area contributed by atoms with Crippen molar-refractivity contribution in [1.82, 2.24) is 10.4 Å². The van der Waals surface area contributed by atoms with E-state index < -0.39 is 22.7 Å². The van der Waals surface area contributed by atoms with E-state index in [4.69, 9.17) is 4.74 Å². The number of hydrogen-bond donors (Lipinski definition) is 1. The molecule has 9 heteroatoms. The molecule has 2 aromatic carbocycles. The molecule has 28 heavy (non-hydrogen) atoms. The molecule has 0 spiro atoms. The van der Waals surface area contributed by atoms with Crippen LogP contribution in [0.5, 0.6) is 0 Å². The van der Waals surface area contributed by atoms with Gasteiger partial charge in [-0.25, -0.2) is 0 Å². The van der Waals surface area contributed by atoms with Crippen molar-refractivity contribution in [2.24, 2.45) is 5.92 Å². The molecular formula is C19H17N3O6. The van der Waals surface area contributed by atoms with Crippen LogP contribution in [-0.2, 0) is 20.9 Å². The van der Waals surface area contributed by atoms with Gasteiger partial charge in [0.25, 0.3) is 11.6 Å². The van der Waals surface area contributed by atoms with E-state index in [1.165, 1.54) is 24.3 Å². The van der Waals surface area contributed by atoms with Gasteiger partial charge in [0.1, 0.15) is 6.61 Å². The second-order valence-corrected chi connectivity index (χ2v) is 6.24. The number of carbonyl (C=O) groups is 3. The molecule has 9 nitrogen and oxygen atoms in total. The molecule has 1 fully saturated rings. The fourth-order valence-electron chi connectivity index (χ4n) is 2.74. The van der Waals surface area contributed by atoms with Crippen molar-refractivity contribution in [1.29, 1.82) is 0 Å². The van der Waals surface area contributed by atoms with E-state index in [1.54, 1.807) is 30.3 Å². The molecule has 1 atom stereocenters. The lowest BCUT2D eigenvalue weighted by molar-refractivity contribution is -0.384. The van der Waals surface area contributed by atoms with E-state index in [0.717, 1.165) is 5.01 Å². The first-order chi connectivity index (χ1) is 13.4. The molecule has 0 saturated carbocycles. The molecule has 2 amide bonds. The first-order valence-corrected chi connectivity index (χ1v) is 8.50. The number of nitro groups is 1. The molecule has 144 valence electrons. The van der Waals surface area contributed by atoms with Crippen LogP contribution < -0.4 is 5.43 Å². The summed E-state index contributed by atoms with van der Waals surface area (Å²) >= 11 is 0. The van der Waals surface area contributed by atoms with E-state index >= 15 is 0 Å². The van der Waals surface area contributed by atoms with Crippen molar-refractivity contribution >= 4 is 23.5 Å². The number of esters is 1. The molecule has 0 radical (unpaired) electrons. The van der Waals surface area contributed by atoms with Gasteiger partial charge in [-0.1, -0.05) is 18.2 Å². The van der Waals surface area contributed by atoms with E-state index in [0.29, 0.717) is 11.1 Å². The molecule has 2 aromatic rings. The highest BCUT2D eigenvalue weighted by molar-refractivity contribution is 5.96. The summed E-state index contributed by atoms with van der Waals surface area (Å²) in [5.74, 6) is -2.07. The third-order valence-corrected chi connectivity index (χ3v) is 4.26. The molecule has 1 aliphatic rings. The summed E-state index contributed by atoms with van der Waals surface area (Å²) in [6.45, 7) is -0.0333. The molecule has 3 rings (SSSR count). The van der Waals surface area contributed by atoms with Crippen LogP contribution in [0.3, 0.4) is 0 Å². The highest BCUT2D eigenvalue weighted by Crippen LogP contribution is 2.19. The van der Waals surface area contributed by atoms with Gasteiger partial charge in [0, 0.05) is 24.1 Å². The lowest BCUT2D eigenvalue weighted by atomic mass is 10.1. The smallest absolute Gasteiger partial charge is 0.311 e. The van der Waals surface area contributed by atoms with Crippen molar-refractivity contribution in [3.05, 3.63) is 75.8 Å². The van der Waals surface area contributed by atoms with Crippen molar-refractivity contribution in [2.45, 2.75) is 13.0 Å². The van der Waals surface area contributed by atoms with Crippen molar-refractivity contribution < 1.29 is 24.0 Å². The topological polar surface area (TPSA) is 119 Å². The van der Waals surface area contributed by atoms with Crippen LogP contribution in [0.4, 0.5) is 5.69 Å². The van der Waals surface area contributed by atoms with Crippen molar-refractivity contribution in [3.8, 4) is 0 Å². The van der Waals surface area contributed by atoms with Crippen LogP contribution >= 0.6 is 0 Å². The van der Waals surface area contributed by atoms with Gasteiger partial charge >= 0.3 is 5.97 Å². The summed E-state index contributed by atoms with van der Waals surface area (Å²) < 4.78 is 5.20. The Bertz CT molecular complexity index is 898. The zero-order chi connectivity index (χ0) is 20.1. The zero-order valence-corrected chi connectivity index (χ0v) is 14.7. The third kappa shape index (κ3) is 4.50. The van der Waals surface area contributed by atoms with Gasteiger partial charge < -0.3 is 4.74 Å². The summed E-state index contributed by atoms with van der Waals surface area (Å²) in [5, 5.41) is 11.8. The minimum absolute atomic E-state index is 0.0243. The number of carbonyl (C=O) groups excluding carboxylic acids is 3. The standard InChI is InChI=1S/C19H17N3O6/c23-17-10-15(11-21(17)20-18(24)14-4-2-1-3-5-14)19(25)28-12-13-6-8-16(9-7-13)22(26)27/h1-9,15H,10-12H2,(H,20,24). The van der Waals surface area contributed by atoms with Gasteiger partial charge in [-0.3, -0.25) is 34.9 Å². The SMILES string of the molecule is O=C(NN1CC(C(=O)OCc2ccc([N+](=O)[O-])cc2)CC1=O)c1ccccc1. The quantitative estimate of drug-likeness (QED) is 0.462. The number of benzene rings is 2. The second-order valence-electron chi connectivity index (χ2n) is 6.24. The first-order valence-electron chi connectivity index (χ1n) is 8.50. The highest BCUT2D eigenvalue weighted by atomic mass is 16.6. The highest BCUT2D eigenvalue weighted by Gasteiger charge is 2.36. The van der Waals surface area contributed by atoms with Crippen LogP contribution in [0.2, 0.25) is 0 Å². The normalized spacial score (nSPS) is 15.9. The van der Waals surface area contributed by atoms with Crippen LogP contribution in [0.15, 0.2) is 54.6 Å². The second kappa shape index (κ2) is 8.30. The number of ether oxygens (including phenoxy) is 1. The van der Waals surface area contributed by atoms with Gasteiger partial charge in [0.2, 0.25) is 5.91 Å². The molecule has 0 bridgehead atoms. The fraction of sp³-hybridized carbons (Fsp3) is 0.211. The Labute approximate surface area is 160 Å². The lowest BCUT2D eigenvalue weighted by Crippen LogP contribution is -2.43. The minimum atomic E-state index is -0.693. The Balaban J connectivity index is 1.52. The zero-order valence-electron chi connectivity index (χ0n) is 14.7. The van der Waals surface area contributed by atoms with Gasteiger partial charge in [0.15, 0.2) is 0 Å². The van der Waals surface area contributed by atoms with E-state index in [9.17, 15) is 24.5 Å². The van der Waals surface area contributed by atoms with Crippen LogP contribution in [-0.4, -0.2) is 34.3 Å². The summed E-state index contributed by atoms with van der Waals surface area (Å²) in [5.41, 5.74) is 3.44. The predicted molar refractivity (Wildman–Crippen MR) is 96.6 cm³/mol. The summed E-state index contributed by atoms with van der Waals surface area (Å²) in [4.78, 5) is 46.5. The Morgan fingerprint density at radius 2 is 1.82 bits per heavy atom. The van der Waals surface area contributed by atoms with Crippen molar-refractivity contribution in [3.63, 3.8) is 0 Å². The van der Waals surface area contributed by atoms with E-state index in [1.807, 2.05) is 0 Å². The first kappa shape index (κ1) is 19.0. The Kier molecular flexibility index (Phi) is 5.64. The van der Waals surface area contributed by atoms with Gasteiger partial charge in [-0.2, -0.15) is 0 Å². The maximum atomic E-state index is 12.2. The number of hydrogen-bond acceptors (Lipinski definition) is 6. The number of hydrazine groups is 1. The van der Waals surface area contributed by atoms with Gasteiger partial charge in [-0.15, -0.1) is 0 Å². The minimum Gasteiger partial charge on any atom is -0.461 e. The number of nitrogens with one attached hydrogen (secondary N) is 1. The molecule has 1 aliphatic heterocycles. The van der Waals surface area contributed by atoms with Gasteiger partial charge in [-0.05, 0) is 29.8 Å². The maximum absolute atomic E-state index is 12.2. The van der Waals surface area contributed by atoms with E-state index in [2.05, 4.69) is 5.43 Å². The third-order valence-electron chi connectivity index (χ3n) is 4.26. The lowest BCUT2D eigenvalue weighted by Gasteiger charge is -2.17. The summed E-state index contributed by atoms with van der Waals surface area (Å²) in [6, 6.07) is 14.1. The maximum Gasteiger partial charge on any atom is 0.311 e. The monoisotopic (exact) mass is 383 g/mol. The van der Waals surface area contributed by atoms with Crippen LogP contribution in [0, 0.1) is 16.0 Å². The Morgan fingerprint density at radius 3 is 2.46 bits per heavy atom. The summed E-state index contributed by atoms with van der Waals surface area (Å²) in [7, 11) is 0. The Morgan fingerprint density at radius 1 is 1.14 bits per heavy atom. The number of rotatable bonds is 6. The molecule has 0 aromatic heterocycles. The number of nitrogens with zero attached hydrogens (tertiary/aromatic N) is 2. The van der Waals surface area contributed by atoms with Crippen molar-refractivity contribution in [2.75, 3.05) is 6.54 Å². The average Bonchev–Trinajstić information content (AvgIpc) is 3.07. The van der Waals surface area contributed by atoms with Crippen LogP contribution in [0.1, 0.15) is 22.3 Å². The number of nitro benzene ring substituents is 1. The van der Waals surface area contributed by atoms with Crippen LogP contribution in [0.25, 0.3) is 0 Å². The number of amides is 2. The fourth-order valence-corrected chi connectivity index (χ4v) is 2.74. The molecule has 1 saturated heterocycles. The Hall–Kier alpha value is -3.75. The molecule has 0 aliphatic carbocycles. The molecular weight excluding hydrogens is 366 g/mol. The average molecular weight is 383 g/mol. The molecule has 1 N–H and O–H groups in total. The number of non-ortho nitro benzene ring substituents is 1.